The van der Waals surface area contributed by atoms with E-state index in [0.29, 0.717) is 14.7 Å². The summed E-state index contributed by atoms with van der Waals surface area (Å²) in [6.07, 6.45) is -0.967. The molecule has 3 aromatic carbocycles. The molecule has 1 aliphatic heterocycles. The zero-order valence-corrected chi connectivity index (χ0v) is 25.3. The van der Waals surface area contributed by atoms with Crippen molar-refractivity contribution in [3.8, 4) is 16.9 Å². The minimum absolute atomic E-state index is 0.473. The molecule has 5 nitrogen and oxygen atoms in total. The second kappa shape index (κ2) is 10.7. The van der Waals surface area contributed by atoms with Crippen molar-refractivity contribution in [2.24, 2.45) is 0 Å². The molecule has 9 heteroatoms. The van der Waals surface area contributed by atoms with Crippen molar-refractivity contribution < 1.29 is 19.4 Å². The zero-order valence-electron chi connectivity index (χ0n) is 19.7. The first-order chi connectivity index (χ1) is 17.3. The molecule has 1 N–H and O–H groups in total. The first kappa shape index (κ1) is 26.1. The quantitative estimate of drug-likeness (QED) is 0.221. The molecule has 1 fully saturated rings. The zero-order chi connectivity index (χ0) is 25.6. The minimum Gasteiger partial charge on any atom is -0.479 e. The minimum atomic E-state index is -1.01. The highest BCUT2D eigenvalue weighted by Gasteiger charge is 2.24. The largest absolute Gasteiger partial charge is 0.479 e. The third-order valence-electron chi connectivity index (χ3n) is 6.53. The van der Waals surface area contributed by atoms with Gasteiger partial charge in [-0.15, -0.1) is 11.3 Å². The van der Waals surface area contributed by atoms with E-state index in [1.54, 1.807) is 0 Å². The number of carboxylic acids is 1. The number of nitrogens with zero attached hydrogens (tertiary/aromatic N) is 1. The number of benzene rings is 3. The molecular formula is C27H24Br3NO4S. The van der Waals surface area contributed by atoms with Gasteiger partial charge in [-0.2, -0.15) is 0 Å². The fraction of sp³-hybridized carbons (Fsp3) is 0.296. The molecule has 5 rings (SSSR count). The summed E-state index contributed by atoms with van der Waals surface area (Å²) < 4.78 is 15.0. The number of carboxylic acid groups (broad SMARTS) is 1. The normalized spacial score (nSPS) is 15.5. The molecule has 36 heavy (non-hydrogen) atoms. The second-order valence-corrected chi connectivity index (χ2v) is 12.5. The van der Waals surface area contributed by atoms with E-state index in [9.17, 15) is 9.90 Å². The topological polar surface area (TPSA) is 59.0 Å². The lowest BCUT2D eigenvalue weighted by Gasteiger charge is -2.26. The van der Waals surface area contributed by atoms with Gasteiger partial charge in [0.05, 0.1) is 26.9 Å². The van der Waals surface area contributed by atoms with E-state index in [-0.39, 0.29) is 0 Å². The van der Waals surface area contributed by atoms with E-state index in [2.05, 4.69) is 83.9 Å². The van der Waals surface area contributed by atoms with Gasteiger partial charge in [0.2, 0.25) is 0 Å². The molecule has 1 aliphatic rings. The van der Waals surface area contributed by atoms with Crippen LogP contribution in [-0.4, -0.2) is 48.4 Å². The summed E-state index contributed by atoms with van der Waals surface area (Å²) in [5, 5.41) is 12.9. The van der Waals surface area contributed by atoms with Gasteiger partial charge in [-0.1, -0.05) is 24.3 Å². The van der Waals surface area contributed by atoms with Crippen molar-refractivity contribution in [3.05, 3.63) is 60.3 Å². The Hall–Kier alpha value is -1.49. The SMILES string of the molecule is Cc1c(CN2CCOCC2)sc2c(Br)c3ccccc3c(-c3cc(Br)c(OC(C)C(=O)O)c(Br)c3)c12. The van der Waals surface area contributed by atoms with Gasteiger partial charge in [0.1, 0.15) is 5.75 Å². The first-order valence-electron chi connectivity index (χ1n) is 11.6. The Bertz CT molecular complexity index is 1460. The molecule has 2 heterocycles. The Balaban J connectivity index is 1.71. The number of hydrogen-bond donors (Lipinski definition) is 1. The molecule has 0 amide bonds. The molecule has 1 unspecified atom stereocenters. The highest BCUT2D eigenvalue weighted by Crippen LogP contribution is 2.49. The summed E-state index contributed by atoms with van der Waals surface area (Å²) in [4.78, 5) is 15.2. The Morgan fingerprint density at radius 1 is 1.14 bits per heavy atom. The summed E-state index contributed by atoms with van der Waals surface area (Å²) in [5.74, 6) is -0.540. The van der Waals surface area contributed by atoms with Crippen molar-refractivity contribution in [1.82, 2.24) is 4.90 Å². The maximum atomic E-state index is 11.4. The molecule has 1 atom stereocenters. The van der Waals surface area contributed by atoms with Crippen molar-refractivity contribution >= 4 is 86.0 Å². The number of halogens is 3. The lowest BCUT2D eigenvalue weighted by atomic mass is 9.93. The molecule has 0 bridgehead atoms. The molecule has 0 radical (unpaired) electrons. The van der Waals surface area contributed by atoms with E-state index in [4.69, 9.17) is 9.47 Å². The van der Waals surface area contributed by atoms with Crippen LogP contribution in [-0.2, 0) is 16.1 Å². The van der Waals surface area contributed by atoms with Gasteiger partial charge in [-0.05, 0) is 101 Å². The van der Waals surface area contributed by atoms with Crippen LogP contribution in [0, 0.1) is 6.92 Å². The maximum absolute atomic E-state index is 11.4. The van der Waals surface area contributed by atoms with Gasteiger partial charge < -0.3 is 14.6 Å². The maximum Gasteiger partial charge on any atom is 0.344 e. The molecule has 4 aromatic rings. The predicted molar refractivity (Wildman–Crippen MR) is 156 cm³/mol. The van der Waals surface area contributed by atoms with Crippen LogP contribution in [0.25, 0.3) is 32.0 Å². The fourth-order valence-corrected chi connectivity index (χ4v) is 8.09. The smallest absolute Gasteiger partial charge is 0.344 e. The molecule has 1 aromatic heterocycles. The number of aryl methyl sites for hydroxylation is 1. The Kier molecular flexibility index (Phi) is 7.77. The molecule has 188 valence electrons. The van der Waals surface area contributed by atoms with Gasteiger partial charge in [0, 0.05) is 34.4 Å². The summed E-state index contributed by atoms with van der Waals surface area (Å²) in [7, 11) is 0. The Morgan fingerprint density at radius 2 is 1.78 bits per heavy atom. The van der Waals surface area contributed by atoms with E-state index in [0.717, 1.165) is 59.2 Å². The highest BCUT2D eigenvalue weighted by atomic mass is 79.9. The van der Waals surface area contributed by atoms with Gasteiger partial charge >= 0.3 is 5.97 Å². The van der Waals surface area contributed by atoms with Crippen LogP contribution >= 0.6 is 59.1 Å². The number of thiophene rings is 1. The Morgan fingerprint density at radius 3 is 2.42 bits per heavy atom. The van der Waals surface area contributed by atoms with Crippen LogP contribution in [0.5, 0.6) is 5.75 Å². The van der Waals surface area contributed by atoms with Crippen molar-refractivity contribution in [1.29, 1.82) is 0 Å². The van der Waals surface area contributed by atoms with E-state index in [1.807, 2.05) is 23.5 Å². The van der Waals surface area contributed by atoms with E-state index in [1.165, 1.54) is 27.5 Å². The summed E-state index contributed by atoms with van der Waals surface area (Å²) in [6, 6.07) is 12.5. The van der Waals surface area contributed by atoms with Crippen LogP contribution in [0.3, 0.4) is 0 Å². The number of morpholine rings is 1. The van der Waals surface area contributed by atoms with Crippen molar-refractivity contribution in [3.63, 3.8) is 0 Å². The number of carbonyl (C=O) groups is 1. The number of ether oxygens (including phenoxy) is 2. The highest BCUT2D eigenvalue weighted by molar-refractivity contribution is 9.11. The van der Waals surface area contributed by atoms with Crippen LogP contribution in [0.4, 0.5) is 0 Å². The summed E-state index contributed by atoms with van der Waals surface area (Å²) in [5.41, 5.74) is 3.47. The monoisotopic (exact) mass is 695 g/mol. The van der Waals surface area contributed by atoms with Crippen LogP contribution < -0.4 is 4.74 Å². The number of hydrogen-bond acceptors (Lipinski definition) is 5. The summed E-state index contributed by atoms with van der Waals surface area (Å²) >= 11 is 13.0. The summed E-state index contributed by atoms with van der Waals surface area (Å²) in [6.45, 7) is 8.09. The van der Waals surface area contributed by atoms with Crippen molar-refractivity contribution in [2.75, 3.05) is 26.3 Å². The van der Waals surface area contributed by atoms with E-state index >= 15 is 0 Å². The molecule has 0 saturated carbocycles. The average Bonchev–Trinajstić information content (AvgIpc) is 3.18. The standard InChI is InChI=1S/C27H24Br3NO4S/c1-14-21(13-31-7-9-34-10-8-31)36-26-22(14)23(17-5-3-4-6-18(17)24(26)30)16-11-19(28)25(20(29)12-16)35-15(2)27(32)33/h3-6,11-12,15H,7-10,13H2,1-2H3,(H,32,33). The molecule has 0 aliphatic carbocycles. The number of fused-ring (bicyclic) bond motifs is 2. The Labute approximate surface area is 238 Å². The van der Waals surface area contributed by atoms with Crippen molar-refractivity contribution in [2.45, 2.75) is 26.5 Å². The number of rotatable bonds is 6. The lowest BCUT2D eigenvalue weighted by Crippen LogP contribution is -2.35. The fourth-order valence-electron chi connectivity index (χ4n) is 4.62. The van der Waals surface area contributed by atoms with Crippen LogP contribution in [0.1, 0.15) is 17.4 Å². The predicted octanol–water partition coefficient (Wildman–Crippen LogP) is 8.00. The van der Waals surface area contributed by atoms with Crippen LogP contribution in [0.2, 0.25) is 0 Å². The van der Waals surface area contributed by atoms with Gasteiger partial charge in [0.25, 0.3) is 0 Å². The average molecular weight is 698 g/mol. The lowest BCUT2D eigenvalue weighted by molar-refractivity contribution is -0.144. The molecule has 1 saturated heterocycles. The number of aliphatic carboxylic acids is 1. The first-order valence-corrected chi connectivity index (χ1v) is 14.8. The van der Waals surface area contributed by atoms with Gasteiger partial charge in [-0.3, -0.25) is 4.90 Å². The second-order valence-electron chi connectivity index (χ2n) is 8.84. The third kappa shape index (κ3) is 4.86. The van der Waals surface area contributed by atoms with Gasteiger partial charge in [0.15, 0.2) is 6.10 Å². The molecular weight excluding hydrogens is 674 g/mol. The third-order valence-corrected chi connectivity index (χ3v) is 10.1. The van der Waals surface area contributed by atoms with Crippen LogP contribution in [0.15, 0.2) is 49.8 Å². The van der Waals surface area contributed by atoms with Gasteiger partial charge in [-0.25, -0.2) is 4.79 Å². The molecule has 0 spiro atoms. The van der Waals surface area contributed by atoms with E-state index < -0.39 is 12.1 Å².